The summed E-state index contributed by atoms with van der Waals surface area (Å²) in [6.45, 7) is 0. The van der Waals surface area contributed by atoms with Crippen LogP contribution < -0.4 is 5.56 Å². The number of aromatic nitrogens is 4. The molecule has 0 aliphatic heterocycles. The number of hydrogen-bond donors (Lipinski definition) is 2. The molecule has 0 aromatic carbocycles. The molecule has 0 aliphatic carbocycles. The third-order valence-corrected chi connectivity index (χ3v) is 2.63. The van der Waals surface area contributed by atoms with Crippen LogP contribution in [0.1, 0.15) is 0 Å². The first-order valence-electron chi connectivity index (χ1n) is 5.87. The third kappa shape index (κ3) is 2.37. The molecule has 2 N–H and O–H groups in total. The highest BCUT2D eigenvalue weighted by atomic mass is 16.1. The summed E-state index contributed by atoms with van der Waals surface area (Å²) in [5, 5.41) is 13.3. The van der Waals surface area contributed by atoms with Gasteiger partial charge in [0.1, 0.15) is 5.69 Å². The fraction of sp³-hybridized carbons (Fsp3) is 0. The van der Waals surface area contributed by atoms with Crippen molar-refractivity contribution in [2.45, 2.75) is 0 Å². The minimum Gasteiger partial charge on any atom is -0.295 e. The highest BCUT2D eigenvalue weighted by molar-refractivity contribution is 5.70. The van der Waals surface area contributed by atoms with Crippen molar-refractivity contribution in [1.82, 2.24) is 20.2 Å². The summed E-state index contributed by atoms with van der Waals surface area (Å²) in [5.41, 5.74) is 1.85. The third-order valence-electron chi connectivity index (χ3n) is 2.63. The molecule has 7 heteroatoms. The zero-order valence-corrected chi connectivity index (χ0v) is 10.3. The van der Waals surface area contributed by atoms with Gasteiger partial charge in [-0.15, -0.1) is 10.2 Å². The number of nitrogens with zero attached hydrogens (tertiary/aromatic N) is 4. The second-order valence-electron chi connectivity index (χ2n) is 3.95. The van der Waals surface area contributed by atoms with Crippen LogP contribution in [0.4, 0.5) is 11.4 Å². The molecule has 0 aliphatic rings. The number of H-pyrrole nitrogens is 2. The molecular weight excluding hydrogens is 256 g/mol. The minimum absolute atomic E-state index is 0.222. The Balaban J connectivity index is 2.01. The molecule has 3 heterocycles. The highest BCUT2D eigenvalue weighted by Crippen LogP contribution is 2.25. The van der Waals surface area contributed by atoms with E-state index in [-0.39, 0.29) is 11.2 Å². The van der Waals surface area contributed by atoms with Crippen molar-refractivity contribution in [2.24, 2.45) is 10.2 Å². The topological polar surface area (TPSA) is 99.2 Å². The first-order chi connectivity index (χ1) is 9.84. The molecule has 0 amide bonds. The van der Waals surface area contributed by atoms with E-state index >= 15 is 0 Å². The second-order valence-corrected chi connectivity index (χ2v) is 3.95. The molecule has 98 valence electrons. The maximum atomic E-state index is 11.8. The number of pyridine rings is 2. The van der Waals surface area contributed by atoms with Crippen molar-refractivity contribution in [3.05, 3.63) is 59.4 Å². The van der Waals surface area contributed by atoms with Crippen LogP contribution in [-0.2, 0) is 0 Å². The fourth-order valence-corrected chi connectivity index (χ4v) is 1.69. The zero-order chi connectivity index (χ0) is 13.8. The van der Waals surface area contributed by atoms with Gasteiger partial charge < -0.3 is 0 Å². The number of hydrogen-bond acceptors (Lipinski definition) is 5. The van der Waals surface area contributed by atoms with Gasteiger partial charge in [-0.2, -0.15) is 0 Å². The van der Waals surface area contributed by atoms with Crippen molar-refractivity contribution >= 4 is 11.4 Å². The van der Waals surface area contributed by atoms with Gasteiger partial charge in [0.2, 0.25) is 0 Å². The zero-order valence-electron chi connectivity index (χ0n) is 10.3. The Morgan fingerprint density at radius 1 is 0.950 bits per heavy atom. The molecule has 7 nitrogen and oxygen atoms in total. The van der Waals surface area contributed by atoms with E-state index in [1.54, 1.807) is 49.1 Å². The van der Waals surface area contributed by atoms with Gasteiger partial charge in [-0.1, -0.05) is 0 Å². The molecule has 20 heavy (non-hydrogen) atoms. The Morgan fingerprint density at radius 2 is 1.80 bits per heavy atom. The average molecular weight is 266 g/mol. The molecule has 0 spiro atoms. The maximum absolute atomic E-state index is 11.8. The Bertz CT molecular complexity index is 775. The minimum atomic E-state index is -0.329. The molecule has 3 aromatic heterocycles. The Hall–Kier alpha value is -3.09. The van der Waals surface area contributed by atoms with Gasteiger partial charge in [0.05, 0.1) is 11.9 Å². The van der Waals surface area contributed by atoms with Gasteiger partial charge in [0.15, 0.2) is 5.69 Å². The Morgan fingerprint density at radius 3 is 2.55 bits per heavy atom. The van der Waals surface area contributed by atoms with Crippen LogP contribution in [0.25, 0.3) is 11.3 Å². The summed E-state index contributed by atoms with van der Waals surface area (Å²) in [4.78, 5) is 19.6. The second kappa shape index (κ2) is 5.27. The van der Waals surface area contributed by atoms with Gasteiger partial charge in [-0.3, -0.25) is 25.0 Å². The van der Waals surface area contributed by atoms with Gasteiger partial charge in [-0.25, -0.2) is 0 Å². The van der Waals surface area contributed by atoms with Crippen LogP contribution in [0.5, 0.6) is 0 Å². The van der Waals surface area contributed by atoms with E-state index in [9.17, 15) is 4.79 Å². The van der Waals surface area contributed by atoms with Crippen molar-refractivity contribution in [1.29, 1.82) is 0 Å². The van der Waals surface area contributed by atoms with Crippen LogP contribution in [0.2, 0.25) is 0 Å². The van der Waals surface area contributed by atoms with Gasteiger partial charge in [-0.05, 0) is 24.3 Å². The van der Waals surface area contributed by atoms with E-state index in [1.165, 1.54) is 0 Å². The molecule has 3 aromatic rings. The lowest BCUT2D eigenvalue weighted by Gasteiger charge is -1.97. The summed E-state index contributed by atoms with van der Waals surface area (Å²) in [6.07, 6.45) is 6.49. The molecule has 0 saturated heterocycles. The van der Waals surface area contributed by atoms with E-state index in [4.69, 9.17) is 0 Å². The lowest BCUT2D eigenvalue weighted by atomic mass is 10.2. The SMILES string of the molecule is O=c1[nH][nH]c(-c2ccncc2)c1N=Nc1cccnc1. The molecule has 3 rings (SSSR count). The average Bonchev–Trinajstić information content (AvgIpc) is 2.88. The fourth-order valence-electron chi connectivity index (χ4n) is 1.69. The first-order valence-corrected chi connectivity index (χ1v) is 5.87. The Labute approximate surface area is 113 Å². The molecule has 0 saturated carbocycles. The highest BCUT2D eigenvalue weighted by Gasteiger charge is 2.11. The van der Waals surface area contributed by atoms with Crippen LogP contribution in [-0.4, -0.2) is 20.2 Å². The number of nitrogens with one attached hydrogen (secondary N) is 2. The first kappa shape index (κ1) is 12.0. The van der Waals surface area contributed by atoms with E-state index < -0.39 is 0 Å². The van der Waals surface area contributed by atoms with Crippen LogP contribution in [0, 0.1) is 0 Å². The summed E-state index contributed by atoms with van der Waals surface area (Å²) in [6, 6.07) is 7.06. The maximum Gasteiger partial charge on any atom is 0.292 e. The monoisotopic (exact) mass is 266 g/mol. The lowest BCUT2D eigenvalue weighted by Crippen LogP contribution is -1.96. The molecule has 0 radical (unpaired) electrons. The van der Waals surface area contributed by atoms with Crippen molar-refractivity contribution in [3.8, 4) is 11.3 Å². The van der Waals surface area contributed by atoms with Crippen molar-refractivity contribution in [2.75, 3.05) is 0 Å². The van der Waals surface area contributed by atoms with Gasteiger partial charge in [0.25, 0.3) is 5.56 Å². The molecule has 0 bridgehead atoms. The smallest absolute Gasteiger partial charge is 0.292 e. The molecule has 0 fully saturated rings. The summed E-state index contributed by atoms with van der Waals surface area (Å²) >= 11 is 0. The van der Waals surface area contributed by atoms with Crippen molar-refractivity contribution in [3.63, 3.8) is 0 Å². The predicted molar refractivity (Wildman–Crippen MR) is 73.1 cm³/mol. The van der Waals surface area contributed by atoms with E-state index in [0.717, 1.165) is 5.56 Å². The van der Waals surface area contributed by atoms with E-state index in [0.29, 0.717) is 11.4 Å². The molecule has 0 atom stereocenters. The standard InChI is InChI=1S/C13H10N6O/c20-13-12(18-16-10-2-1-5-15-8-10)11(17-19-13)9-3-6-14-7-4-9/h1-8H,(H2,17,19,20). The lowest BCUT2D eigenvalue weighted by molar-refractivity contribution is 1.06. The van der Waals surface area contributed by atoms with E-state index in [2.05, 4.69) is 30.4 Å². The number of rotatable bonds is 3. The number of azo groups is 1. The molecule has 0 unspecified atom stereocenters. The largest absolute Gasteiger partial charge is 0.295 e. The van der Waals surface area contributed by atoms with Crippen LogP contribution in [0.15, 0.2) is 64.1 Å². The van der Waals surface area contributed by atoms with Crippen molar-refractivity contribution < 1.29 is 0 Å². The summed E-state index contributed by atoms with van der Waals surface area (Å²) in [7, 11) is 0. The van der Waals surface area contributed by atoms with Gasteiger partial charge in [0, 0.05) is 24.2 Å². The van der Waals surface area contributed by atoms with Crippen LogP contribution in [0.3, 0.4) is 0 Å². The van der Waals surface area contributed by atoms with Crippen LogP contribution >= 0.6 is 0 Å². The number of aromatic amines is 2. The quantitative estimate of drug-likeness (QED) is 0.712. The predicted octanol–water partition coefficient (Wildman–Crippen LogP) is 2.58. The van der Waals surface area contributed by atoms with E-state index in [1.807, 2.05) is 0 Å². The molecular formula is C13H10N6O. The normalized spacial score (nSPS) is 11.0. The summed E-state index contributed by atoms with van der Waals surface area (Å²) in [5.74, 6) is 0. The Kier molecular flexibility index (Phi) is 3.15. The van der Waals surface area contributed by atoms with Gasteiger partial charge >= 0.3 is 0 Å². The summed E-state index contributed by atoms with van der Waals surface area (Å²) < 4.78 is 0.